The van der Waals surface area contributed by atoms with Gasteiger partial charge >= 0.3 is 5.97 Å². The third-order valence-electron chi connectivity index (χ3n) is 6.16. The van der Waals surface area contributed by atoms with Gasteiger partial charge in [0.1, 0.15) is 0 Å². The molecule has 0 atom stereocenters. The number of carboxylic acid groups (broad SMARTS) is 1. The van der Waals surface area contributed by atoms with Gasteiger partial charge in [0.05, 0.1) is 84.6 Å². The Hall–Kier alpha value is -1.35. The molecule has 0 heterocycles. The van der Waals surface area contributed by atoms with Crippen molar-refractivity contribution in [3.8, 4) is 0 Å². The van der Waals surface area contributed by atoms with Gasteiger partial charge in [0.2, 0.25) is 11.8 Å². The maximum atomic E-state index is 11.9. The Balaban J connectivity index is 3.16. The number of carbonyl (C=O) groups excluding carboxylic acids is 2. The van der Waals surface area contributed by atoms with Crippen molar-refractivity contribution in [2.45, 2.75) is 77.0 Å². The first-order valence-corrected chi connectivity index (χ1v) is 17.0. The van der Waals surface area contributed by atoms with Gasteiger partial charge in [0.15, 0.2) is 0 Å². The molecule has 3 N–H and O–H groups in total. The summed E-state index contributed by atoms with van der Waals surface area (Å²) in [7, 11) is 0. The molecule has 0 fully saturated rings. The van der Waals surface area contributed by atoms with Gasteiger partial charge in [-0.25, -0.2) is 0 Å². The summed E-state index contributed by atoms with van der Waals surface area (Å²) >= 11 is 3.08. The number of amides is 2. The van der Waals surface area contributed by atoms with Gasteiger partial charge in [-0.05, 0) is 12.8 Å². The van der Waals surface area contributed by atoms with Gasteiger partial charge in [0.25, 0.3) is 0 Å². The molecule has 0 bridgehead atoms. The Morgan fingerprint density at radius 3 is 1.09 bits per heavy atom. The first-order chi connectivity index (χ1) is 21.1. The lowest BCUT2D eigenvalue weighted by molar-refractivity contribution is -0.137. The number of hydrogen-bond acceptors (Lipinski definition) is 9. The molecule has 0 aromatic rings. The first-order valence-electron chi connectivity index (χ1n) is 15.8. The molecule has 43 heavy (non-hydrogen) atoms. The van der Waals surface area contributed by atoms with Crippen LogP contribution < -0.4 is 10.6 Å². The maximum Gasteiger partial charge on any atom is 0.303 e. The summed E-state index contributed by atoms with van der Waals surface area (Å²) in [5.74, 6) is -0.688. The third kappa shape index (κ3) is 36.7. The van der Waals surface area contributed by atoms with Crippen LogP contribution in [0, 0.1) is 0 Å². The molecule has 13 heteroatoms. The number of halogens is 1. The van der Waals surface area contributed by atoms with Crippen molar-refractivity contribution in [1.82, 2.24) is 10.6 Å². The van der Waals surface area contributed by atoms with Crippen LogP contribution in [-0.4, -0.2) is 121 Å². The highest BCUT2D eigenvalue weighted by molar-refractivity contribution is 9.09. The van der Waals surface area contributed by atoms with Crippen LogP contribution in [0.3, 0.4) is 0 Å². The minimum Gasteiger partial charge on any atom is -0.481 e. The van der Waals surface area contributed by atoms with Gasteiger partial charge < -0.3 is 44.2 Å². The quantitative estimate of drug-likeness (QED) is 0.0669. The average molecular weight is 686 g/mol. The lowest BCUT2D eigenvalue weighted by Gasteiger charge is -2.09. The van der Waals surface area contributed by atoms with Gasteiger partial charge in [0, 0.05) is 25.9 Å². The molecule has 2 amide bonds. The topological polar surface area (TPSA) is 151 Å². The smallest absolute Gasteiger partial charge is 0.303 e. The van der Waals surface area contributed by atoms with Crippen LogP contribution in [-0.2, 0) is 42.8 Å². The van der Waals surface area contributed by atoms with Crippen molar-refractivity contribution in [2.75, 3.05) is 97.7 Å². The average Bonchev–Trinajstić information content (AvgIpc) is 2.99. The number of rotatable bonds is 35. The van der Waals surface area contributed by atoms with E-state index in [2.05, 4.69) is 26.6 Å². The highest BCUT2D eigenvalue weighted by Gasteiger charge is 2.02. The number of carbonyl (C=O) groups is 3. The number of alkyl halides is 1. The predicted octanol–water partition coefficient (Wildman–Crippen LogP) is 3.48. The molecule has 0 rings (SSSR count). The second kappa shape index (κ2) is 35.1. The Bertz CT molecular complexity index is 646. The highest BCUT2D eigenvalue weighted by atomic mass is 79.9. The van der Waals surface area contributed by atoms with Gasteiger partial charge in [-0.1, -0.05) is 67.3 Å². The molecule has 0 aromatic heterocycles. The number of ether oxygens (including phenoxy) is 6. The molecular weight excluding hydrogens is 628 g/mol. The van der Waals surface area contributed by atoms with Crippen LogP contribution >= 0.6 is 15.9 Å². The standard InChI is InChI=1S/C30H57BrN2O10/c31-27-29(35)33-14-16-39-18-20-41-22-24-43-26-25-42-23-21-40-19-17-38-15-13-32-28(34)11-9-7-5-3-1-2-4-6-8-10-12-30(36)37/h1-27H2,(H,32,34)(H,33,35)(H,36,37). The van der Waals surface area contributed by atoms with Crippen LogP contribution in [0.25, 0.3) is 0 Å². The Morgan fingerprint density at radius 2 is 0.744 bits per heavy atom. The van der Waals surface area contributed by atoms with E-state index in [4.69, 9.17) is 33.5 Å². The van der Waals surface area contributed by atoms with E-state index < -0.39 is 5.97 Å². The van der Waals surface area contributed by atoms with Crippen molar-refractivity contribution in [3.05, 3.63) is 0 Å². The van der Waals surface area contributed by atoms with Crippen LogP contribution in [0.15, 0.2) is 0 Å². The molecule has 0 spiro atoms. The van der Waals surface area contributed by atoms with E-state index in [1.807, 2.05) is 0 Å². The molecule has 0 unspecified atom stereocenters. The SMILES string of the molecule is O=C(O)CCCCCCCCCCCCC(=O)NCCOCCOCCOCCOCCOCCOCCNC(=O)CBr. The van der Waals surface area contributed by atoms with E-state index in [-0.39, 0.29) is 18.2 Å². The van der Waals surface area contributed by atoms with Crippen LogP contribution in [0.4, 0.5) is 0 Å². The number of aliphatic carboxylic acids is 1. The minimum absolute atomic E-state index is 0.0598. The second-order valence-corrected chi connectivity index (χ2v) is 10.5. The molecule has 0 aliphatic carbocycles. The monoisotopic (exact) mass is 684 g/mol. The second-order valence-electron chi connectivity index (χ2n) is 9.94. The van der Waals surface area contributed by atoms with Crippen molar-refractivity contribution in [3.63, 3.8) is 0 Å². The molecule has 0 saturated carbocycles. The number of carboxylic acids is 1. The molecule has 0 aliphatic rings. The molecule has 0 saturated heterocycles. The molecule has 0 aromatic carbocycles. The molecule has 0 aliphatic heterocycles. The zero-order chi connectivity index (χ0) is 31.5. The summed E-state index contributed by atoms with van der Waals surface area (Å²) in [5, 5.41) is 14.5. The van der Waals surface area contributed by atoms with Crippen LogP contribution in [0.5, 0.6) is 0 Å². The van der Waals surface area contributed by atoms with E-state index >= 15 is 0 Å². The fourth-order valence-electron chi connectivity index (χ4n) is 3.84. The summed E-state index contributed by atoms with van der Waals surface area (Å²) in [6, 6.07) is 0. The van der Waals surface area contributed by atoms with Gasteiger partial charge in [-0.2, -0.15) is 0 Å². The zero-order valence-electron chi connectivity index (χ0n) is 26.1. The lowest BCUT2D eigenvalue weighted by Crippen LogP contribution is -2.28. The number of unbranched alkanes of at least 4 members (excludes halogenated alkanes) is 9. The van der Waals surface area contributed by atoms with Crippen LogP contribution in [0.2, 0.25) is 0 Å². The third-order valence-corrected chi connectivity index (χ3v) is 6.67. The summed E-state index contributed by atoms with van der Waals surface area (Å²) in [6.07, 6.45) is 11.7. The van der Waals surface area contributed by atoms with E-state index in [0.717, 1.165) is 38.5 Å². The maximum absolute atomic E-state index is 11.9. The largest absolute Gasteiger partial charge is 0.481 e. The van der Waals surface area contributed by atoms with Crippen molar-refractivity contribution in [1.29, 1.82) is 0 Å². The Labute approximate surface area is 266 Å². The molecular formula is C30H57BrN2O10. The van der Waals surface area contributed by atoms with Gasteiger partial charge in [-0.15, -0.1) is 0 Å². The fraction of sp³-hybridized carbons (Fsp3) is 0.900. The normalized spacial score (nSPS) is 11.1. The molecule has 12 nitrogen and oxygen atoms in total. The van der Waals surface area contributed by atoms with E-state index in [9.17, 15) is 14.4 Å². The van der Waals surface area contributed by atoms with Crippen molar-refractivity contribution < 1.29 is 47.9 Å². The van der Waals surface area contributed by atoms with E-state index in [1.54, 1.807) is 0 Å². The zero-order valence-corrected chi connectivity index (χ0v) is 27.7. The lowest BCUT2D eigenvalue weighted by atomic mass is 10.1. The fourth-order valence-corrected chi connectivity index (χ4v) is 4.04. The summed E-state index contributed by atoms with van der Waals surface area (Å²) in [5.41, 5.74) is 0. The van der Waals surface area contributed by atoms with Crippen LogP contribution in [0.1, 0.15) is 77.0 Å². The van der Waals surface area contributed by atoms with Crippen molar-refractivity contribution >= 4 is 33.7 Å². The number of nitrogens with one attached hydrogen (secondary N) is 2. The Kier molecular flexibility index (Phi) is 34.0. The van der Waals surface area contributed by atoms with Crippen molar-refractivity contribution in [2.24, 2.45) is 0 Å². The highest BCUT2D eigenvalue weighted by Crippen LogP contribution is 2.12. The summed E-state index contributed by atoms with van der Waals surface area (Å²) in [4.78, 5) is 33.4. The number of hydrogen-bond donors (Lipinski definition) is 3. The molecule has 254 valence electrons. The minimum atomic E-state index is -0.702. The Morgan fingerprint density at radius 1 is 0.442 bits per heavy atom. The summed E-state index contributed by atoms with van der Waals surface area (Å²) in [6.45, 7) is 6.73. The first kappa shape index (κ1) is 41.7. The summed E-state index contributed by atoms with van der Waals surface area (Å²) < 4.78 is 32.6. The van der Waals surface area contributed by atoms with E-state index in [1.165, 1.54) is 25.7 Å². The predicted molar refractivity (Wildman–Crippen MR) is 168 cm³/mol. The molecule has 0 radical (unpaired) electrons. The van der Waals surface area contributed by atoms with E-state index in [0.29, 0.717) is 104 Å². The van der Waals surface area contributed by atoms with Gasteiger partial charge in [-0.3, -0.25) is 14.4 Å².